The topological polar surface area (TPSA) is 99.4 Å². The fourth-order valence-corrected chi connectivity index (χ4v) is 10.1. The van der Waals surface area contributed by atoms with Crippen LogP contribution in [0.2, 0.25) is 0 Å². The van der Waals surface area contributed by atoms with Crippen LogP contribution in [0.4, 0.5) is 0 Å². The normalized spacial score (nSPS) is 47.7. The van der Waals surface area contributed by atoms with Gasteiger partial charge in [0.05, 0.1) is 12.7 Å². The molecule has 0 amide bonds. The van der Waals surface area contributed by atoms with Gasteiger partial charge in [-0.1, -0.05) is 63.6 Å². The number of aliphatic hydroxyl groups excluding tert-OH is 4. The number of hydrogen-bond acceptors (Lipinski definition) is 6. The zero-order valence-corrected chi connectivity index (χ0v) is 26.0. The molecule has 232 valence electrons. The third kappa shape index (κ3) is 5.55. The molecule has 1 saturated heterocycles. The summed E-state index contributed by atoms with van der Waals surface area (Å²) in [4.78, 5) is 0. The summed E-state index contributed by atoms with van der Waals surface area (Å²) in [6.07, 6.45) is 11.5. The Hall–Kier alpha value is -1.02. The molecule has 5 unspecified atom stereocenters. The van der Waals surface area contributed by atoms with E-state index in [0.29, 0.717) is 23.2 Å². The van der Waals surface area contributed by atoms with Crippen molar-refractivity contribution in [3.8, 4) is 0 Å². The molecule has 4 fully saturated rings. The molecule has 5 aliphatic rings. The molecule has 5 rings (SSSR count). The monoisotopic (exact) mass is 572 g/mol. The van der Waals surface area contributed by atoms with Gasteiger partial charge in [0.15, 0.2) is 6.29 Å². The maximum Gasteiger partial charge on any atom is 0.186 e. The Morgan fingerprint density at radius 1 is 1.07 bits per heavy atom. The number of ether oxygens (including phenoxy) is 2. The van der Waals surface area contributed by atoms with Gasteiger partial charge >= 0.3 is 0 Å². The van der Waals surface area contributed by atoms with E-state index in [1.807, 2.05) is 0 Å². The van der Waals surface area contributed by atoms with E-state index in [4.69, 9.17) is 9.47 Å². The summed E-state index contributed by atoms with van der Waals surface area (Å²) in [6, 6.07) is 0. The van der Waals surface area contributed by atoms with E-state index in [2.05, 4.69) is 59.4 Å². The summed E-state index contributed by atoms with van der Waals surface area (Å²) in [5.41, 5.74) is 3.33. The summed E-state index contributed by atoms with van der Waals surface area (Å²) < 4.78 is 11.9. The molecule has 3 saturated carbocycles. The van der Waals surface area contributed by atoms with E-state index in [9.17, 15) is 20.4 Å². The van der Waals surface area contributed by atoms with Crippen LogP contribution in [0.5, 0.6) is 0 Å². The first kappa shape index (κ1) is 31.4. The molecule has 0 spiro atoms. The third-order valence-electron chi connectivity index (χ3n) is 12.7. The van der Waals surface area contributed by atoms with Gasteiger partial charge in [-0.15, -0.1) is 0 Å². The van der Waals surface area contributed by atoms with Crippen LogP contribution in [0.15, 0.2) is 36.0 Å². The highest BCUT2D eigenvalue weighted by Gasteiger charge is 2.59. The molecule has 0 aromatic carbocycles. The zero-order chi connectivity index (χ0) is 29.7. The molecule has 4 aliphatic carbocycles. The van der Waals surface area contributed by atoms with Crippen LogP contribution in [-0.2, 0) is 9.47 Å². The Labute approximate surface area is 247 Å². The predicted octanol–water partition coefficient (Wildman–Crippen LogP) is 5.55. The molecule has 6 nitrogen and oxygen atoms in total. The fraction of sp³-hybridized carbons (Fsp3) is 0.829. The van der Waals surface area contributed by atoms with Gasteiger partial charge in [-0.25, -0.2) is 0 Å². The van der Waals surface area contributed by atoms with E-state index >= 15 is 0 Å². The van der Waals surface area contributed by atoms with Gasteiger partial charge in [0.25, 0.3) is 0 Å². The van der Waals surface area contributed by atoms with Crippen molar-refractivity contribution in [2.45, 2.75) is 129 Å². The smallest absolute Gasteiger partial charge is 0.186 e. The van der Waals surface area contributed by atoms with Crippen molar-refractivity contribution in [3.63, 3.8) is 0 Å². The van der Waals surface area contributed by atoms with Gasteiger partial charge in [0.1, 0.15) is 24.4 Å². The van der Waals surface area contributed by atoms with Crippen molar-refractivity contribution >= 4 is 0 Å². The summed E-state index contributed by atoms with van der Waals surface area (Å²) in [5.74, 6) is 4.04. The molecular weight excluding hydrogens is 516 g/mol. The summed E-state index contributed by atoms with van der Waals surface area (Å²) in [5, 5.41) is 40.4. The maximum absolute atomic E-state index is 10.5. The Morgan fingerprint density at radius 3 is 2.51 bits per heavy atom. The standard InChI is InChI=1S/C35H56O6/c1-7-22(20(2)3)9-8-21(4)26-12-13-27-25-11-10-23-18-24(14-16-34(23,5)28(25)15-17-35(26,27)6)40-33-32(39)31(38)30(37)29(19-36)41-33/h8-10,21-22,24-33,36-39H,2,7,11-19H2,1,3-6H3/b9-8+/t21-,22?,24+,25?,26?,27?,28?,29-,30-,31+,32-,33-,34+,35-/m1/s1. The van der Waals surface area contributed by atoms with Crippen LogP contribution in [0.1, 0.15) is 92.4 Å². The van der Waals surface area contributed by atoms with Crippen molar-refractivity contribution in [2.75, 3.05) is 6.61 Å². The first-order chi connectivity index (χ1) is 19.4. The molecule has 0 bridgehead atoms. The largest absolute Gasteiger partial charge is 0.394 e. The molecule has 0 aromatic heterocycles. The van der Waals surface area contributed by atoms with Crippen LogP contribution < -0.4 is 0 Å². The van der Waals surface area contributed by atoms with Gasteiger partial charge in [-0.2, -0.15) is 0 Å². The second-order valence-corrected chi connectivity index (χ2v) is 14.8. The van der Waals surface area contributed by atoms with E-state index in [-0.39, 0.29) is 11.5 Å². The van der Waals surface area contributed by atoms with Crippen LogP contribution in [-0.4, -0.2) is 63.8 Å². The molecule has 0 aromatic rings. The van der Waals surface area contributed by atoms with Crippen molar-refractivity contribution in [2.24, 2.45) is 46.3 Å². The SMILES string of the molecule is C=C(C)C(/C=C/[C@@H](C)C1CCC2C3CC=C4C[C@@H](O[C@@H]5O[C@H](CO)[C@@H](O)[C@H](O)[C@H]5O)CC[C@]4(C)C3CC[C@@]21C)CC. The highest BCUT2D eigenvalue weighted by molar-refractivity contribution is 5.26. The summed E-state index contributed by atoms with van der Waals surface area (Å²) >= 11 is 0. The van der Waals surface area contributed by atoms with Crippen molar-refractivity contribution in [1.29, 1.82) is 0 Å². The lowest BCUT2D eigenvalue weighted by Crippen LogP contribution is -2.60. The molecule has 6 heteroatoms. The Kier molecular flexibility index (Phi) is 9.32. The predicted molar refractivity (Wildman–Crippen MR) is 161 cm³/mol. The first-order valence-corrected chi connectivity index (χ1v) is 16.4. The number of aliphatic hydroxyl groups is 4. The number of fused-ring (bicyclic) bond motifs is 5. The lowest BCUT2D eigenvalue weighted by atomic mass is 9.47. The Morgan fingerprint density at radius 2 is 1.83 bits per heavy atom. The second-order valence-electron chi connectivity index (χ2n) is 14.8. The van der Waals surface area contributed by atoms with Gasteiger partial charge in [-0.05, 0) is 111 Å². The summed E-state index contributed by atoms with van der Waals surface area (Å²) in [6.45, 7) is 15.7. The molecule has 41 heavy (non-hydrogen) atoms. The van der Waals surface area contributed by atoms with Crippen LogP contribution >= 0.6 is 0 Å². The minimum absolute atomic E-state index is 0.115. The van der Waals surface area contributed by atoms with Crippen LogP contribution in [0.25, 0.3) is 0 Å². The average Bonchev–Trinajstić information content (AvgIpc) is 3.30. The number of rotatable bonds is 8. The molecular formula is C35H56O6. The van der Waals surface area contributed by atoms with Crippen molar-refractivity contribution in [3.05, 3.63) is 36.0 Å². The molecule has 1 heterocycles. The van der Waals surface area contributed by atoms with Gasteiger partial charge < -0.3 is 29.9 Å². The van der Waals surface area contributed by atoms with Crippen LogP contribution in [0.3, 0.4) is 0 Å². The molecule has 4 N–H and O–H groups in total. The van der Waals surface area contributed by atoms with E-state index in [0.717, 1.165) is 49.9 Å². The van der Waals surface area contributed by atoms with E-state index < -0.39 is 37.3 Å². The minimum atomic E-state index is -1.40. The third-order valence-corrected chi connectivity index (χ3v) is 12.7. The minimum Gasteiger partial charge on any atom is -0.394 e. The van der Waals surface area contributed by atoms with E-state index in [1.165, 1.54) is 36.8 Å². The average molecular weight is 573 g/mol. The Bertz CT molecular complexity index is 1000. The molecule has 0 radical (unpaired) electrons. The van der Waals surface area contributed by atoms with Gasteiger partial charge in [0, 0.05) is 0 Å². The van der Waals surface area contributed by atoms with Gasteiger partial charge in [0.2, 0.25) is 0 Å². The lowest BCUT2D eigenvalue weighted by Gasteiger charge is -2.58. The molecule has 1 aliphatic heterocycles. The highest BCUT2D eigenvalue weighted by atomic mass is 16.7. The summed E-state index contributed by atoms with van der Waals surface area (Å²) in [7, 11) is 0. The quantitative estimate of drug-likeness (QED) is 0.285. The first-order valence-electron chi connectivity index (χ1n) is 16.4. The molecule has 14 atom stereocenters. The lowest BCUT2D eigenvalue weighted by molar-refractivity contribution is -0.313. The Balaban J connectivity index is 1.26. The van der Waals surface area contributed by atoms with Crippen LogP contribution in [0, 0.1) is 46.3 Å². The maximum atomic E-state index is 10.5. The van der Waals surface area contributed by atoms with E-state index in [1.54, 1.807) is 0 Å². The highest BCUT2D eigenvalue weighted by Crippen LogP contribution is 2.67. The number of allylic oxidation sites excluding steroid dienone is 4. The van der Waals surface area contributed by atoms with Crippen molar-refractivity contribution in [1.82, 2.24) is 0 Å². The van der Waals surface area contributed by atoms with Gasteiger partial charge in [-0.3, -0.25) is 0 Å². The second kappa shape index (κ2) is 12.2. The zero-order valence-electron chi connectivity index (χ0n) is 26.0. The number of hydrogen-bond donors (Lipinski definition) is 4. The fourth-order valence-electron chi connectivity index (χ4n) is 10.1. The van der Waals surface area contributed by atoms with Crippen molar-refractivity contribution < 1.29 is 29.9 Å².